The van der Waals surface area contributed by atoms with Crippen LogP contribution in [-0.4, -0.2) is 29.3 Å². The summed E-state index contributed by atoms with van der Waals surface area (Å²) in [5.41, 5.74) is 1.60. The highest BCUT2D eigenvalue weighted by Gasteiger charge is 2.33. The minimum absolute atomic E-state index is 0.0882. The first-order valence-electron chi connectivity index (χ1n) is 8.76. The Kier molecular flexibility index (Phi) is 5.22. The van der Waals surface area contributed by atoms with E-state index in [4.69, 9.17) is 4.42 Å². The number of aryl methyl sites for hydroxylation is 2. The van der Waals surface area contributed by atoms with Crippen molar-refractivity contribution in [2.24, 2.45) is 0 Å². The minimum Gasteiger partial charge on any atom is -0.466 e. The Bertz CT molecular complexity index is 752. The summed E-state index contributed by atoms with van der Waals surface area (Å²) >= 11 is 0. The van der Waals surface area contributed by atoms with E-state index in [1.54, 1.807) is 17.9 Å². The van der Waals surface area contributed by atoms with E-state index in [-0.39, 0.29) is 11.8 Å². The van der Waals surface area contributed by atoms with Crippen molar-refractivity contribution in [2.45, 2.75) is 45.7 Å². The monoisotopic (exact) mass is 340 g/mol. The number of nitrogens with one attached hydrogen (secondary N) is 1. The lowest BCUT2D eigenvalue weighted by molar-refractivity contribution is -0.126. The Morgan fingerprint density at radius 2 is 1.96 bits per heavy atom. The van der Waals surface area contributed by atoms with Crippen molar-refractivity contribution in [2.75, 3.05) is 6.54 Å². The van der Waals surface area contributed by atoms with Crippen LogP contribution in [0.15, 0.2) is 40.8 Å². The molecule has 3 rings (SSSR count). The molecule has 1 aromatic heterocycles. The zero-order valence-electron chi connectivity index (χ0n) is 14.7. The van der Waals surface area contributed by atoms with Crippen LogP contribution in [0.4, 0.5) is 0 Å². The van der Waals surface area contributed by atoms with Crippen molar-refractivity contribution >= 4 is 11.8 Å². The minimum atomic E-state index is -0.417. The SMILES string of the molecule is Cc1cc(C(=O)N2CCCC[C@@H]2C(=O)NCc2ccccc2)c(C)o1. The topological polar surface area (TPSA) is 62.6 Å². The van der Waals surface area contributed by atoms with Gasteiger partial charge in [0.25, 0.3) is 5.91 Å². The molecule has 1 N–H and O–H groups in total. The van der Waals surface area contributed by atoms with Gasteiger partial charge in [-0.25, -0.2) is 0 Å². The second-order valence-electron chi connectivity index (χ2n) is 6.54. The molecule has 0 radical (unpaired) electrons. The molecule has 0 bridgehead atoms. The zero-order valence-corrected chi connectivity index (χ0v) is 14.7. The molecule has 2 heterocycles. The Labute approximate surface area is 148 Å². The number of piperidine rings is 1. The summed E-state index contributed by atoms with van der Waals surface area (Å²) in [6.07, 6.45) is 2.57. The van der Waals surface area contributed by atoms with Gasteiger partial charge in [0.1, 0.15) is 17.6 Å². The lowest BCUT2D eigenvalue weighted by Gasteiger charge is -2.34. The Balaban J connectivity index is 1.70. The predicted octanol–water partition coefficient (Wildman–Crippen LogP) is 3.21. The Hall–Kier alpha value is -2.56. The standard InChI is InChI=1S/C20H24N2O3/c1-14-12-17(15(2)25-14)20(24)22-11-7-6-10-18(22)19(23)21-13-16-8-4-3-5-9-16/h3-5,8-9,12,18H,6-7,10-11,13H2,1-2H3,(H,21,23)/t18-/m1/s1. The smallest absolute Gasteiger partial charge is 0.258 e. The number of benzene rings is 1. The van der Waals surface area contributed by atoms with Crippen molar-refractivity contribution in [3.8, 4) is 0 Å². The molecule has 1 aromatic carbocycles. The van der Waals surface area contributed by atoms with E-state index in [1.165, 1.54) is 0 Å². The van der Waals surface area contributed by atoms with Crippen molar-refractivity contribution in [1.29, 1.82) is 0 Å². The number of nitrogens with zero attached hydrogens (tertiary/aromatic N) is 1. The first-order valence-corrected chi connectivity index (χ1v) is 8.76. The molecule has 5 nitrogen and oxygen atoms in total. The van der Waals surface area contributed by atoms with Gasteiger partial charge >= 0.3 is 0 Å². The Morgan fingerprint density at radius 1 is 1.20 bits per heavy atom. The van der Waals surface area contributed by atoms with E-state index < -0.39 is 6.04 Å². The van der Waals surface area contributed by atoms with Crippen LogP contribution >= 0.6 is 0 Å². The fourth-order valence-corrected chi connectivity index (χ4v) is 3.35. The van der Waals surface area contributed by atoms with Crippen LogP contribution in [-0.2, 0) is 11.3 Å². The second kappa shape index (κ2) is 7.55. The second-order valence-corrected chi connectivity index (χ2v) is 6.54. The van der Waals surface area contributed by atoms with E-state index in [0.29, 0.717) is 36.6 Å². The lowest BCUT2D eigenvalue weighted by atomic mass is 10.00. The molecule has 1 aliphatic heterocycles. The van der Waals surface area contributed by atoms with Crippen molar-refractivity contribution < 1.29 is 14.0 Å². The van der Waals surface area contributed by atoms with E-state index in [2.05, 4.69) is 5.32 Å². The molecule has 5 heteroatoms. The van der Waals surface area contributed by atoms with Gasteiger partial charge in [0.15, 0.2) is 0 Å². The summed E-state index contributed by atoms with van der Waals surface area (Å²) in [6, 6.07) is 11.1. The molecule has 1 fully saturated rings. The van der Waals surface area contributed by atoms with Gasteiger partial charge in [-0.15, -0.1) is 0 Å². The molecule has 0 spiro atoms. The number of hydrogen-bond acceptors (Lipinski definition) is 3. The molecule has 1 atom stereocenters. The third-order valence-corrected chi connectivity index (χ3v) is 4.65. The fourth-order valence-electron chi connectivity index (χ4n) is 3.35. The highest BCUT2D eigenvalue weighted by molar-refractivity contribution is 5.98. The number of rotatable bonds is 4. The zero-order chi connectivity index (χ0) is 17.8. The molecule has 132 valence electrons. The highest BCUT2D eigenvalue weighted by Crippen LogP contribution is 2.23. The third-order valence-electron chi connectivity index (χ3n) is 4.65. The van der Waals surface area contributed by atoms with E-state index in [9.17, 15) is 9.59 Å². The van der Waals surface area contributed by atoms with E-state index in [0.717, 1.165) is 18.4 Å². The number of amides is 2. The quantitative estimate of drug-likeness (QED) is 0.929. The first kappa shape index (κ1) is 17.3. The maximum absolute atomic E-state index is 12.9. The molecule has 2 aromatic rings. The third kappa shape index (κ3) is 3.92. The van der Waals surface area contributed by atoms with Crippen molar-refractivity contribution in [3.05, 3.63) is 59.0 Å². The van der Waals surface area contributed by atoms with Crippen LogP contribution < -0.4 is 5.32 Å². The van der Waals surface area contributed by atoms with Crippen LogP contribution in [0.25, 0.3) is 0 Å². The van der Waals surface area contributed by atoms with Crippen LogP contribution in [0.2, 0.25) is 0 Å². The molecule has 1 aliphatic rings. The van der Waals surface area contributed by atoms with Gasteiger partial charge in [0.05, 0.1) is 5.56 Å². The fraction of sp³-hybridized carbons (Fsp3) is 0.400. The van der Waals surface area contributed by atoms with Gasteiger partial charge in [-0.3, -0.25) is 9.59 Å². The van der Waals surface area contributed by atoms with Gasteiger partial charge in [0, 0.05) is 13.1 Å². The van der Waals surface area contributed by atoms with Crippen LogP contribution in [0.5, 0.6) is 0 Å². The first-order chi connectivity index (χ1) is 12.1. The molecular formula is C20H24N2O3. The number of carbonyl (C=O) groups excluding carboxylic acids is 2. The number of carbonyl (C=O) groups is 2. The number of likely N-dealkylation sites (tertiary alicyclic amines) is 1. The van der Waals surface area contributed by atoms with E-state index >= 15 is 0 Å². The van der Waals surface area contributed by atoms with E-state index in [1.807, 2.05) is 37.3 Å². The summed E-state index contributed by atoms with van der Waals surface area (Å²) in [5, 5.41) is 2.97. The highest BCUT2D eigenvalue weighted by atomic mass is 16.3. The van der Waals surface area contributed by atoms with Gasteiger partial charge < -0.3 is 14.6 Å². The molecule has 0 aliphatic carbocycles. The summed E-state index contributed by atoms with van der Waals surface area (Å²) in [7, 11) is 0. The average Bonchev–Trinajstić information content (AvgIpc) is 2.98. The molecule has 2 amide bonds. The van der Waals surface area contributed by atoms with Gasteiger partial charge in [0.2, 0.25) is 5.91 Å². The summed E-state index contributed by atoms with van der Waals surface area (Å²) in [6.45, 7) is 4.69. The predicted molar refractivity (Wildman–Crippen MR) is 95.1 cm³/mol. The molecule has 0 saturated carbocycles. The Morgan fingerprint density at radius 3 is 2.64 bits per heavy atom. The van der Waals surface area contributed by atoms with Gasteiger partial charge in [-0.05, 0) is 44.7 Å². The average molecular weight is 340 g/mol. The molecule has 0 unspecified atom stereocenters. The van der Waals surface area contributed by atoms with Crippen LogP contribution in [0, 0.1) is 13.8 Å². The largest absolute Gasteiger partial charge is 0.466 e. The van der Waals surface area contributed by atoms with Crippen molar-refractivity contribution in [3.63, 3.8) is 0 Å². The summed E-state index contributed by atoms with van der Waals surface area (Å²) in [5.74, 6) is 1.11. The molecule has 25 heavy (non-hydrogen) atoms. The van der Waals surface area contributed by atoms with Crippen LogP contribution in [0.1, 0.15) is 46.7 Å². The van der Waals surface area contributed by atoms with Gasteiger partial charge in [-0.1, -0.05) is 30.3 Å². The van der Waals surface area contributed by atoms with Crippen molar-refractivity contribution in [1.82, 2.24) is 10.2 Å². The molecular weight excluding hydrogens is 316 g/mol. The summed E-state index contributed by atoms with van der Waals surface area (Å²) < 4.78 is 5.48. The van der Waals surface area contributed by atoms with Gasteiger partial charge in [-0.2, -0.15) is 0 Å². The number of furan rings is 1. The normalized spacial score (nSPS) is 17.4. The summed E-state index contributed by atoms with van der Waals surface area (Å²) in [4.78, 5) is 27.3. The molecule has 1 saturated heterocycles. The number of hydrogen-bond donors (Lipinski definition) is 1. The lowest BCUT2D eigenvalue weighted by Crippen LogP contribution is -2.51. The van der Waals surface area contributed by atoms with Crippen LogP contribution in [0.3, 0.4) is 0 Å². The maximum atomic E-state index is 12.9. The maximum Gasteiger partial charge on any atom is 0.258 e.